The van der Waals surface area contributed by atoms with Crippen LogP contribution in [0.3, 0.4) is 0 Å². The second-order valence-corrected chi connectivity index (χ2v) is 6.97. The van der Waals surface area contributed by atoms with E-state index in [1.807, 2.05) is 0 Å². The number of imidazole rings is 1. The molecule has 148 valence electrons. The van der Waals surface area contributed by atoms with Crippen molar-refractivity contribution >= 4 is 11.2 Å². The zero-order valence-corrected chi connectivity index (χ0v) is 15.9. The van der Waals surface area contributed by atoms with Crippen LogP contribution in [-0.4, -0.2) is 49.9 Å². The summed E-state index contributed by atoms with van der Waals surface area (Å²) < 4.78 is 23.8. The normalized spacial score (nSPS) is 15.4. The van der Waals surface area contributed by atoms with Crippen molar-refractivity contribution in [2.75, 3.05) is 26.3 Å². The zero-order chi connectivity index (χ0) is 19.8. The molecule has 3 heterocycles. The van der Waals surface area contributed by atoms with E-state index in [-0.39, 0.29) is 12.4 Å². The third kappa shape index (κ3) is 3.16. The number of fused-ring (bicyclic) bond motifs is 1. The lowest BCUT2D eigenvalue weighted by molar-refractivity contribution is 0.0327. The van der Waals surface area contributed by atoms with Gasteiger partial charge in [-0.2, -0.15) is 0 Å². The van der Waals surface area contributed by atoms with Crippen LogP contribution in [0.5, 0.6) is 0 Å². The molecule has 1 saturated heterocycles. The maximum atomic E-state index is 14.3. The van der Waals surface area contributed by atoms with Crippen molar-refractivity contribution < 1.29 is 9.13 Å². The van der Waals surface area contributed by atoms with Crippen molar-refractivity contribution in [3.8, 4) is 0 Å². The van der Waals surface area contributed by atoms with Gasteiger partial charge in [0.15, 0.2) is 11.2 Å². The summed E-state index contributed by atoms with van der Waals surface area (Å²) in [5.74, 6) is 0.279. The lowest BCUT2D eigenvalue weighted by atomic mass is 10.2. The van der Waals surface area contributed by atoms with Gasteiger partial charge < -0.3 is 9.30 Å². The van der Waals surface area contributed by atoms with Gasteiger partial charge in [-0.1, -0.05) is 18.2 Å². The molecule has 1 fully saturated rings. The second-order valence-electron chi connectivity index (χ2n) is 6.97. The standard InChI is InChI=1S/C19H22FN5O3/c1-22-17-16(18(26)23(2)19(22)27)25(11-13-5-3-4-6-14(13)20)15(21-17)12-24-7-9-28-10-8-24/h3-6H,7-12H2,1-2H3. The predicted molar refractivity (Wildman–Crippen MR) is 102 cm³/mol. The molecule has 0 radical (unpaired) electrons. The largest absolute Gasteiger partial charge is 0.379 e. The molecule has 1 aliphatic rings. The summed E-state index contributed by atoms with van der Waals surface area (Å²) in [5, 5.41) is 0. The number of halogens is 1. The second kappa shape index (κ2) is 7.33. The first kappa shape index (κ1) is 18.6. The minimum Gasteiger partial charge on any atom is -0.379 e. The van der Waals surface area contributed by atoms with Gasteiger partial charge in [0.2, 0.25) is 0 Å². The zero-order valence-electron chi connectivity index (χ0n) is 15.9. The molecule has 1 aromatic carbocycles. The molecule has 8 nitrogen and oxygen atoms in total. The lowest BCUT2D eigenvalue weighted by Gasteiger charge is -2.26. The van der Waals surface area contributed by atoms with E-state index in [0.717, 1.165) is 17.7 Å². The number of rotatable bonds is 4. The highest BCUT2D eigenvalue weighted by Gasteiger charge is 2.22. The molecule has 0 amide bonds. The molecule has 0 aliphatic carbocycles. The Balaban J connectivity index is 1.90. The summed E-state index contributed by atoms with van der Waals surface area (Å²) in [5.41, 5.74) is 0.200. The average Bonchev–Trinajstić information content (AvgIpc) is 3.05. The number of benzene rings is 1. The number of morpholine rings is 1. The molecule has 0 N–H and O–H groups in total. The quantitative estimate of drug-likeness (QED) is 0.650. The van der Waals surface area contributed by atoms with Crippen molar-refractivity contribution in [3.05, 3.63) is 62.3 Å². The topological polar surface area (TPSA) is 74.3 Å². The third-order valence-electron chi connectivity index (χ3n) is 5.18. The van der Waals surface area contributed by atoms with E-state index in [4.69, 9.17) is 4.74 Å². The van der Waals surface area contributed by atoms with Gasteiger partial charge in [-0.15, -0.1) is 0 Å². The van der Waals surface area contributed by atoms with Gasteiger partial charge in [-0.05, 0) is 6.07 Å². The molecule has 1 aliphatic heterocycles. The smallest absolute Gasteiger partial charge is 0.332 e. The Labute approximate surface area is 160 Å². The Morgan fingerprint density at radius 1 is 1.07 bits per heavy atom. The van der Waals surface area contributed by atoms with E-state index in [9.17, 15) is 14.0 Å². The van der Waals surface area contributed by atoms with E-state index < -0.39 is 11.2 Å². The average molecular weight is 387 g/mol. The Kier molecular flexibility index (Phi) is 4.86. The van der Waals surface area contributed by atoms with Crippen LogP contribution in [0.1, 0.15) is 11.4 Å². The molecule has 0 atom stereocenters. The van der Waals surface area contributed by atoms with Crippen LogP contribution in [-0.2, 0) is 31.9 Å². The molecule has 0 unspecified atom stereocenters. The van der Waals surface area contributed by atoms with Crippen molar-refractivity contribution in [1.82, 2.24) is 23.6 Å². The van der Waals surface area contributed by atoms with Gasteiger partial charge >= 0.3 is 5.69 Å². The highest BCUT2D eigenvalue weighted by molar-refractivity contribution is 5.71. The molecule has 9 heteroatoms. The van der Waals surface area contributed by atoms with Gasteiger partial charge in [-0.25, -0.2) is 14.2 Å². The SMILES string of the molecule is Cn1c(=O)c2c(nc(CN3CCOCC3)n2Cc2ccccc2F)n(C)c1=O. The van der Waals surface area contributed by atoms with E-state index >= 15 is 0 Å². The molecule has 28 heavy (non-hydrogen) atoms. The van der Waals surface area contributed by atoms with Crippen LogP contribution in [0.15, 0.2) is 33.9 Å². The summed E-state index contributed by atoms with van der Waals surface area (Å²) in [6.07, 6.45) is 0. The fraction of sp³-hybridized carbons (Fsp3) is 0.421. The highest BCUT2D eigenvalue weighted by Crippen LogP contribution is 2.18. The van der Waals surface area contributed by atoms with Crippen LogP contribution in [0, 0.1) is 5.82 Å². The van der Waals surface area contributed by atoms with Crippen molar-refractivity contribution in [2.24, 2.45) is 14.1 Å². The maximum Gasteiger partial charge on any atom is 0.332 e. The summed E-state index contributed by atoms with van der Waals surface area (Å²) in [7, 11) is 3.02. The number of nitrogens with zero attached hydrogens (tertiary/aromatic N) is 5. The fourth-order valence-corrected chi connectivity index (χ4v) is 3.54. The minimum absolute atomic E-state index is 0.163. The fourth-order valence-electron chi connectivity index (χ4n) is 3.54. The van der Waals surface area contributed by atoms with Crippen LogP contribution in [0.4, 0.5) is 4.39 Å². The molecular formula is C19H22FN5O3. The monoisotopic (exact) mass is 387 g/mol. The van der Waals surface area contributed by atoms with Gasteiger partial charge in [0, 0.05) is 32.7 Å². The Bertz CT molecular complexity index is 1140. The number of aryl methyl sites for hydroxylation is 1. The predicted octanol–water partition coefficient (Wildman–Crippen LogP) is 0.453. The number of ether oxygens (including phenoxy) is 1. The summed E-state index contributed by atoms with van der Waals surface area (Å²) >= 11 is 0. The number of hydrogen-bond donors (Lipinski definition) is 0. The van der Waals surface area contributed by atoms with Gasteiger partial charge in [-0.3, -0.25) is 18.8 Å². The molecule has 4 rings (SSSR count). The van der Waals surface area contributed by atoms with E-state index in [1.54, 1.807) is 29.8 Å². The minimum atomic E-state index is -0.439. The summed E-state index contributed by atoms with van der Waals surface area (Å²) in [6.45, 7) is 3.42. The van der Waals surface area contributed by atoms with Crippen LogP contribution < -0.4 is 11.2 Å². The number of aromatic nitrogens is 4. The van der Waals surface area contributed by atoms with Crippen molar-refractivity contribution in [2.45, 2.75) is 13.1 Å². The first-order valence-corrected chi connectivity index (χ1v) is 9.16. The molecule has 0 bridgehead atoms. The van der Waals surface area contributed by atoms with Gasteiger partial charge in [0.05, 0.1) is 26.3 Å². The third-order valence-corrected chi connectivity index (χ3v) is 5.18. The van der Waals surface area contributed by atoms with E-state index in [0.29, 0.717) is 42.3 Å². The molecular weight excluding hydrogens is 365 g/mol. The van der Waals surface area contributed by atoms with E-state index in [2.05, 4.69) is 9.88 Å². The Morgan fingerprint density at radius 3 is 2.50 bits per heavy atom. The maximum absolute atomic E-state index is 14.3. The van der Waals surface area contributed by atoms with Crippen molar-refractivity contribution in [1.29, 1.82) is 0 Å². The number of hydrogen-bond acceptors (Lipinski definition) is 5. The Morgan fingerprint density at radius 2 is 1.79 bits per heavy atom. The first-order valence-electron chi connectivity index (χ1n) is 9.16. The van der Waals surface area contributed by atoms with Gasteiger partial charge in [0.1, 0.15) is 11.6 Å². The van der Waals surface area contributed by atoms with Crippen LogP contribution >= 0.6 is 0 Å². The highest BCUT2D eigenvalue weighted by atomic mass is 19.1. The van der Waals surface area contributed by atoms with Crippen molar-refractivity contribution in [3.63, 3.8) is 0 Å². The molecule has 0 saturated carbocycles. The molecule has 2 aromatic heterocycles. The summed E-state index contributed by atoms with van der Waals surface area (Å²) in [6, 6.07) is 6.46. The van der Waals surface area contributed by atoms with Crippen LogP contribution in [0.25, 0.3) is 11.2 Å². The first-order chi connectivity index (χ1) is 13.5. The summed E-state index contributed by atoms with van der Waals surface area (Å²) in [4.78, 5) is 32.0. The van der Waals surface area contributed by atoms with Gasteiger partial charge in [0.25, 0.3) is 5.56 Å². The lowest BCUT2D eigenvalue weighted by Crippen LogP contribution is -2.38. The Hall–Kier alpha value is -2.78. The van der Waals surface area contributed by atoms with Crippen LogP contribution in [0.2, 0.25) is 0 Å². The van der Waals surface area contributed by atoms with E-state index in [1.165, 1.54) is 17.7 Å². The molecule has 3 aromatic rings. The molecule has 0 spiro atoms.